The number of aryl methyl sites for hydroxylation is 1. The van der Waals surface area contributed by atoms with Crippen molar-refractivity contribution in [3.8, 4) is 0 Å². The highest BCUT2D eigenvalue weighted by atomic mass is 32.2. The van der Waals surface area contributed by atoms with E-state index in [4.69, 9.17) is 5.11 Å². The predicted molar refractivity (Wildman–Crippen MR) is 87.5 cm³/mol. The Labute approximate surface area is 131 Å². The molecular weight excluding hydrogens is 300 g/mol. The summed E-state index contributed by atoms with van der Waals surface area (Å²) in [6.07, 6.45) is 1.56. The fourth-order valence-electron chi connectivity index (χ4n) is 2.48. The smallest absolute Gasteiger partial charge is 0.262 e. The normalized spacial score (nSPS) is 11.5. The number of benzene rings is 1. The summed E-state index contributed by atoms with van der Waals surface area (Å²) in [5.41, 5.74) is 0.801. The third kappa shape index (κ3) is 2.50. The number of aromatic nitrogens is 4. The number of thioether (sulfide) groups is 1. The van der Waals surface area contributed by atoms with Crippen LogP contribution in [0.2, 0.25) is 0 Å². The SMILES string of the molecule is CCCn1c(=O)c2ccccc2n2c(SCCCO)nnc12. The number of hydrogen-bond acceptors (Lipinski definition) is 5. The molecule has 0 aliphatic heterocycles. The van der Waals surface area contributed by atoms with Gasteiger partial charge in [-0.15, -0.1) is 10.2 Å². The highest BCUT2D eigenvalue weighted by Crippen LogP contribution is 2.22. The average molecular weight is 318 g/mol. The van der Waals surface area contributed by atoms with Crippen LogP contribution in [0.15, 0.2) is 34.2 Å². The van der Waals surface area contributed by atoms with Crippen LogP contribution < -0.4 is 5.56 Å². The number of aliphatic hydroxyl groups is 1. The van der Waals surface area contributed by atoms with Gasteiger partial charge in [-0.25, -0.2) is 0 Å². The molecule has 0 fully saturated rings. The molecule has 0 saturated carbocycles. The molecule has 0 aliphatic rings. The largest absolute Gasteiger partial charge is 0.396 e. The maximum Gasteiger partial charge on any atom is 0.262 e. The van der Waals surface area contributed by atoms with Crippen LogP contribution in [0.3, 0.4) is 0 Å². The molecule has 0 spiro atoms. The van der Waals surface area contributed by atoms with Gasteiger partial charge in [-0.2, -0.15) is 0 Å². The summed E-state index contributed by atoms with van der Waals surface area (Å²) < 4.78 is 3.62. The molecule has 0 atom stereocenters. The molecule has 22 heavy (non-hydrogen) atoms. The Hall–Kier alpha value is -1.86. The van der Waals surface area contributed by atoms with Gasteiger partial charge in [0.05, 0.1) is 10.9 Å². The Morgan fingerprint density at radius 3 is 2.86 bits per heavy atom. The summed E-state index contributed by atoms with van der Waals surface area (Å²) in [6, 6.07) is 7.53. The summed E-state index contributed by atoms with van der Waals surface area (Å²) in [5.74, 6) is 1.34. The first kappa shape index (κ1) is 15.1. The van der Waals surface area contributed by atoms with Crippen molar-refractivity contribution in [2.45, 2.75) is 31.5 Å². The highest BCUT2D eigenvalue weighted by molar-refractivity contribution is 7.99. The first-order valence-corrected chi connectivity index (χ1v) is 8.36. The minimum absolute atomic E-state index is 0.0238. The zero-order chi connectivity index (χ0) is 15.5. The lowest BCUT2D eigenvalue weighted by atomic mass is 10.2. The van der Waals surface area contributed by atoms with E-state index in [1.54, 1.807) is 16.3 Å². The predicted octanol–water partition coefficient (Wildman–Crippen LogP) is 1.93. The molecular formula is C15H18N4O2S. The van der Waals surface area contributed by atoms with Crippen LogP contribution >= 0.6 is 11.8 Å². The molecule has 2 heterocycles. The lowest BCUT2D eigenvalue weighted by Crippen LogP contribution is -2.23. The molecule has 7 heteroatoms. The van der Waals surface area contributed by atoms with E-state index in [0.29, 0.717) is 24.1 Å². The molecule has 1 aromatic carbocycles. The molecule has 3 rings (SSSR count). The van der Waals surface area contributed by atoms with Gasteiger partial charge in [0.2, 0.25) is 5.78 Å². The monoisotopic (exact) mass is 318 g/mol. The standard InChI is InChI=1S/C15H18N4O2S/c1-2-8-18-13(21)11-6-3-4-7-12(11)19-14(18)16-17-15(19)22-10-5-9-20/h3-4,6-7,20H,2,5,8-10H2,1H3. The summed E-state index contributed by atoms with van der Waals surface area (Å²) in [7, 11) is 0. The number of fused-ring (bicyclic) bond motifs is 3. The van der Waals surface area contributed by atoms with Gasteiger partial charge >= 0.3 is 0 Å². The number of nitrogens with zero attached hydrogens (tertiary/aromatic N) is 4. The molecule has 0 unspecified atom stereocenters. The zero-order valence-electron chi connectivity index (χ0n) is 12.4. The van der Waals surface area contributed by atoms with Gasteiger partial charge in [0.1, 0.15) is 0 Å². The van der Waals surface area contributed by atoms with Crippen LogP contribution in [0.25, 0.3) is 16.7 Å². The van der Waals surface area contributed by atoms with Crippen molar-refractivity contribution in [1.29, 1.82) is 0 Å². The lowest BCUT2D eigenvalue weighted by Gasteiger charge is -2.10. The molecule has 6 nitrogen and oxygen atoms in total. The first-order chi connectivity index (χ1) is 10.8. The van der Waals surface area contributed by atoms with Crippen LogP contribution in [0.4, 0.5) is 0 Å². The summed E-state index contributed by atoms with van der Waals surface area (Å²) in [5, 5.41) is 18.8. The van der Waals surface area contributed by atoms with Crippen molar-refractivity contribution in [3.05, 3.63) is 34.6 Å². The average Bonchev–Trinajstić information content (AvgIpc) is 2.96. The number of rotatable bonds is 6. The van der Waals surface area contributed by atoms with Gasteiger partial charge in [-0.3, -0.25) is 13.8 Å². The third-order valence-corrected chi connectivity index (χ3v) is 4.47. The fraction of sp³-hybridized carbons (Fsp3) is 0.400. The maximum absolute atomic E-state index is 12.6. The third-order valence-electron chi connectivity index (χ3n) is 3.46. The number of para-hydroxylation sites is 1. The molecule has 116 valence electrons. The van der Waals surface area contributed by atoms with Crippen LogP contribution in [0.1, 0.15) is 19.8 Å². The molecule has 0 saturated heterocycles. The van der Waals surface area contributed by atoms with Crippen LogP contribution in [0, 0.1) is 0 Å². The van der Waals surface area contributed by atoms with E-state index >= 15 is 0 Å². The van der Waals surface area contributed by atoms with E-state index in [-0.39, 0.29) is 12.2 Å². The molecule has 1 N–H and O–H groups in total. The van der Waals surface area contributed by atoms with Gasteiger partial charge in [-0.05, 0) is 25.0 Å². The van der Waals surface area contributed by atoms with Crippen LogP contribution in [-0.4, -0.2) is 36.6 Å². The second-order valence-electron chi connectivity index (χ2n) is 5.02. The Morgan fingerprint density at radius 1 is 1.27 bits per heavy atom. The maximum atomic E-state index is 12.6. The molecule has 0 amide bonds. The Morgan fingerprint density at radius 2 is 2.09 bits per heavy atom. The minimum atomic E-state index is -0.0238. The van der Waals surface area contributed by atoms with Gasteiger partial charge in [0.15, 0.2) is 5.16 Å². The van der Waals surface area contributed by atoms with Crippen molar-refractivity contribution in [3.63, 3.8) is 0 Å². The Bertz CT molecular complexity index is 856. The second-order valence-corrected chi connectivity index (χ2v) is 6.08. The van der Waals surface area contributed by atoms with E-state index < -0.39 is 0 Å². The van der Waals surface area contributed by atoms with Gasteiger partial charge in [0, 0.05) is 18.9 Å². The van der Waals surface area contributed by atoms with E-state index in [0.717, 1.165) is 22.8 Å². The highest BCUT2D eigenvalue weighted by Gasteiger charge is 2.15. The Kier molecular flexibility index (Phi) is 4.44. The molecule has 0 radical (unpaired) electrons. The zero-order valence-corrected chi connectivity index (χ0v) is 13.2. The molecule has 0 aliphatic carbocycles. The summed E-state index contributed by atoms with van der Waals surface area (Å²) >= 11 is 1.54. The van der Waals surface area contributed by atoms with Gasteiger partial charge in [-0.1, -0.05) is 30.8 Å². The molecule has 2 aromatic heterocycles. The van der Waals surface area contributed by atoms with Gasteiger partial charge in [0.25, 0.3) is 5.56 Å². The topological polar surface area (TPSA) is 72.4 Å². The van der Waals surface area contributed by atoms with E-state index in [1.807, 2.05) is 35.6 Å². The summed E-state index contributed by atoms with van der Waals surface area (Å²) in [6.45, 7) is 2.81. The molecule has 3 aromatic rings. The van der Waals surface area contributed by atoms with Gasteiger partial charge < -0.3 is 5.11 Å². The number of hydrogen-bond donors (Lipinski definition) is 1. The lowest BCUT2D eigenvalue weighted by molar-refractivity contribution is 0.296. The minimum Gasteiger partial charge on any atom is -0.396 e. The van der Waals surface area contributed by atoms with Crippen molar-refractivity contribution in [2.24, 2.45) is 0 Å². The van der Waals surface area contributed by atoms with Crippen LogP contribution in [0.5, 0.6) is 0 Å². The van der Waals surface area contributed by atoms with Crippen molar-refractivity contribution < 1.29 is 5.11 Å². The molecule has 0 bridgehead atoms. The Balaban J connectivity index is 2.26. The second kappa shape index (κ2) is 6.50. The number of aliphatic hydroxyl groups excluding tert-OH is 1. The summed E-state index contributed by atoms with van der Waals surface area (Å²) in [4.78, 5) is 12.6. The van der Waals surface area contributed by atoms with Crippen molar-refractivity contribution >= 4 is 28.4 Å². The van der Waals surface area contributed by atoms with E-state index in [9.17, 15) is 4.79 Å². The fourth-order valence-corrected chi connectivity index (χ4v) is 3.34. The quantitative estimate of drug-likeness (QED) is 0.555. The first-order valence-electron chi connectivity index (χ1n) is 7.38. The van der Waals surface area contributed by atoms with E-state index in [1.165, 1.54) is 0 Å². The van der Waals surface area contributed by atoms with E-state index in [2.05, 4.69) is 10.2 Å². The van der Waals surface area contributed by atoms with Crippen molar-refractivity contribution in [1.82, 2.24) is 19.2 Å². The van der Waals surface area contributed by atoms with Crippen molar-refractivity contribution in [2.75, 3.05) is 12.4 Å². The van der Waals surface area contributed by atoms with Crippen LogP contribution in [-0.2, 0) is 6.54 Å².